The van der Waals surface area contributed by atoms with Gasteiger partial charge in [0.05, 0.1) is 12.2 Å². The van der Waals surface area contributed by atoms with Crippen LogP contribution in [0.1, 0.15) is 74.5 Å². The van der Waals surface area contributed by atoms with Gasteiger partial charge in [0.15, 0.2) is 0 Å². The first-order valence-corrected chi connectivity index (χ1v) is 9.49. The molecule has 2 rings (SSSR count). The average molecular weight is 349 g/mol. The fourth-order valence-corrected chi connectivity index (χ4v) is 3.57. The van der Waals surface area contributed by atoms with Crippen LogP contribution in [-0.4, -0.2) is 18.5 Å². The van der Waals surface area contributed by atoms with E-state index in [0.29, 0.717) is 23.1 Å². The molecule has 0 radical (unpaired) electrons. The molecule has 1 aromatic heterocycles. The minimum Gasteiger partial charge on any atom is -0.462 e. The molecule has 0 bridgehead atoms. The largest absolute Gasteiger partial charge is 0.462 e. The van der Waals surface area contributed by atoms with Crippen LogP contribution in [0.15, 0.2) is 17.7 Å². The second-order valence-electron chi connectivity index (χ2n) is 6.64. The van der Waals surface area contributed by atoms with Crippen molar-refractivity contribution in [1.29, 1.82) is 0 Å². The molecule has 0 aromatic carbocycles. The van der Waals surface area contributed by atoms with Crippen molar-refractivity contribution in [2.75, 3.05) is 11.9 Å². The lowest BCUT2D eigenvalue weighted by atomic mass is 10.0. The molecule has 0 unspecified atom stereocenters. The topological polar surface area (TPSA) is 55.4 Å². The van der Waals surface area contributed by atoms with Crippen LogP contribution in [0.2, 0.25) is 0 Å². The standard InChI is InChI=1S/C19H27NO3S/c1-5-23-19(22)15-11-16(13(4)8-6-7-12(2)3)24-18(15)20-17(21)14-9-10-14/h7,11,13-14H,5-6,8-10H2,1-4H3,(H,20,21)/t13-/m0/s1. The number of thiophene rings is 1. The predicted molar refractivity (Wildman–Crippen MR) is 98.7 cm³/mol. The van der Waals surface area contributed by atoms with Crippen molar-refractivity contribution in [2.45, 2.75) is 59.3 Å². The Morgan fingerprint density at radius 2 is 2.12 bits per heavy atom. The zero-order valence-corrected chi connectivity index (χ0v) is 15.8. The van der Waals surface area contributed by atoms with Gasteiger partial charge < -0.3 is 10.1 Å². The monoisotopic (exact) mass is 349 g/mol. The highest BCUT2D eigenvalue weighted by atomic mass is 32.1. The molecule has 1 aliphatic carbocycles. The number of carbonyl (C=O) groups is 2. The van der Waals surface area contributed by atoms with Gasteiger partial charge in [0.1, 0.15) is 5.00 Å². The first-order chi connectivity index (χ1) is 11.4. The van der Waals surface area contributed by atoms with Gasteiger partial charge in [0, 0.05) is 10.8 Å². The third-order valence-corrected chi connectivity index (χ3v) is 5.35. The van der Waals surface area contributed by atoms with Crippen LogP contribution in [0.25, 0.3) is 0 Å². The molecule has 0 spiro atoms. The Balaban J connectivity index is 2.14. The molecule has 1 amide bonds. The van der Waals surface area contributed by atoms with Crippen LogP contribution in [0.4, 0.5) is 5.00 Å². The summed E-state index contributed by atoms with van der Waals surface area (Å²) in [5, 5.41) is 3.56. The van der Waals surface area contributed by atoms with E-state index in [4.69, 9.17) is 4.74 Å². The third-order valence-electron chi connectivity index (χ3n) is 4.07. The van der Waals surface area contributed by atoms with Crippen molar-refractivity contribution >= 4 is 28.2 Å². The van der Waals surface area contributed by atoms with Gasteiger partial charge in [-0.3, -0.25) is 4.79 Å². The molecule has 1 aromatic rings. The van der Waals surface area contributed by atoms with E-state index in [2.05, 4.69) is 32.2 Å². The minimum absolute atomic E-state index is 0.0196. The molecule has 1 atom stereocenters. The van der Waals surface area contributed by atoms with Gasteiger partial charge in [0.25, 0.3) is 0 Å². The zero-order valence-electron chi connectivity index (χ0n) is 15.0. The molecule has 1 heterocycles. The maximum absolute atomic E-state index is 12.2. The van der Waals surface area contributed by atoms with Gasteiger partial charge in [-0.1, -0.05) is 18.6 Å². The highest BCUT2D eigenvalue weighted by molar-refractivity contribution is 7.16. The van der Waals surface area contributed by atoms with E-state index in [9.17, 15) is 9.59 Å². The van der Waals surface area contributed by atoms with E-state index < -0.39 is 0 Å². The van der Waals surface area contributed by atoms with Gasteiger partial charge in [-0.2, -0.15) is 0 Å². The first kappa shape index (κ1) is 18.7. The Labute approximate surface area is 148 Å². The number of anilines is 1. The number of nitrogens with one attached hydrogen (secondary N) is 1. The van der Waals surface area contributed by atoms with Crippen LogP contribution < -0.4 is 5.32 Å². The lowest BCUT2D eigenvalue weighted by molar-refractivity contribution is -0.117. The van der Waals surface area contributed by atoms with Crippen LogP contribution in [-0.2, 0) is 9.53 Å². The highest BCUT2D eigenvalue weighted by Crippen LogP contribution is 2.37. The second kappa shape index (κ2) is 8.47. The summed E-state index contributed by atoms with van der Waals surface area (Å²) in [6.07, 6.45) is 6.14. The molecule has 5 heteroatoms. The maximum atomic E-state index is 12.2. The lowest BCUT2D eigenvalue weighted by Gasteiger charge is -2.07. The van der Waals surface area contributed by atoms with E-state index in [0.717, 1.165) is 30.6 Å². The molecule has 0 saturated heterocycles. The van der Waals surface area contributed by atoms with Crippen molar-refractivity contribution in [3.8, 4) is 0 Å². The van der Waals surface area contributed by atoms with E-state index in [1.54, 1.807) is 6.92 Å². The molecule has 1 N–H and O–H groups in total. The molecule has 4 nitrogen and oxygen atoms in total. The number of esters is 1. The van der Waals surface area contributed by atoms with Gasteiger partial charge >= 0.3 is 5.97 Å². The van der Waals surface area contributed by atoms with Gasteiger partial charge in [-0.15, -0.1) is 11.3 Å². The zero-order chi connectivity index (χ0) is 17.7. The van der Waals surface area contributed by atoms with Crippen LogP contribution in [0, 0.1) is 5.92 Å². The second-order valence-corrected chi connectivity index (χ2v) is 7.72. The van der Waals surface area contributed by atoms with Crippen molar-refractivity contribution in [3.05, 3.63) is 28.2 Å². The van der Waals surface area contributed by atoms with Crippen molar-refractivity contribution in [3.63, 3.8) is 0 Å². The number of hydrogen-bond acceptors (Lipinski definition) is 4. The number of rotatable bonds is 8. The summed E-state index contributed by atoms with van der Waals surface area (Å²) in [5.41, 5.74) is 1.80. The summed E-state index contributed by atoms with van der Waals surface area (Å²) in [6, 6.07) is 1.89. The smallest absolute Gasteiger partial charge is 0.341 e. The summed E-state index contributed by atoms with van der Waals surface area (Å²) < 4.78 is 5.14. The Morgan fingerprint density at radius 3 is 2.71 bits per heavy atom. The molecule has 1 aliphatic rings. The Bertz CT molecular complexity index is 625. The van der Waals surface area contributed by atoms with E-state index >= 15 is 0 Å². The molecule has 1 fully saturated rings. The molecular formula is C19H27NO3S. The van der Waals surface area contributed by atoms with Crippen molar-refractivity contribution in [1.82, 2.24) is 0 Å². The van der Waals surface area contributed by atoms with Crippen LogP contribution >= 0.6 is 11.3 Å². The number of carbonyl (C=O) groups excluding carboxylic acids is 2. The van der Waals surface area contributed by atoms with Crippen molar-refractivity contribution < 1.29 is 14.3 Å². The summed E-state index contributed by atoms with van der Waals surface area (Å²) in [6.45, 7) is 8.47. The first-order valence-electron chi connectivity index (χ1n) is 8.67. The predicted octanol–water partition coefficient (Wildman–Crippen LogP) is 5.12. The minimum atomic E-state index is -0.359. The van der Waals surface area contributed by atoms with Gasteiger partial charge in [0.2, 0.25) is 5.91 Å². The maximum Gasteiger partial charge on any atom is 0.341 e. The number of hydrogen-bond donors (Lipinski definition) is 1. The lowest BCUT2D eigenvalue weighted by Crippen LogP contribution is -2.15. The third kappa shape index (κ3) is 5.20. The summed E-state index contributed by atoms with van der Waals surface area (Å²) >= 11 is 1.50. The Morgan fingerprint density at radius 1 is 1.42 bits per heavy atom. The molecular weight excluding hydrogens is 322 g/mol. The fourth-order valence-electron chi connectivity index (χ4n) is 2.43. The molecule has 0 aliphatic heterocycles. The normalized spacial score (nSPS) is 14.8. The molecule has 1 saturated carbocycles. The molecule has 132 valence electrons. The molecule has 24 heavy (non-hydrogen) atoms. The quantitative estimate of drug-likeness (QED) is 0.523. The summed E-state index contributed by atoms with van der Waals surface area (Å²) in [7, 11) is 0. The summed E-state index contributed by atoms with van der Waals surface area (Å²) in [5.74, 6) is 0.111. The van der Waals surface area contributed by atoms with Gasteiger partial charge in [-0.25, -0.2) is 4.79 Å². The van der Waals surface area contributed by atoms with Gasteiger partial charge in [-0.05, 0) is 58.4 Å². The SMILES string of the molecule is CCOC(=O)c1cc([C@@H](C)CCC=C(C)C)sc1NC(=O)C1CC1. The van der Waals surface area contributed by atoms with Crippen LogP contribution in [0.5, 0.6) is 0 Å². The number of ether oxygens (including phenoxy) is 1. The van der Waals surface area contributed by atoms with E-state index in [-0.39, 0.29) is 17.8 Å². The average Bonchev–Trinajstić information content (AvgIpc) is 3.28. The van der Waals surface area contributed by atoms with Crippen molar-refractivity contribution in [2.24, 2.45) is 5.92 Å². The number of amides is 1. The van der Waals surface area contributed by atoms with Crippen LogP contribution in [0.3, 0.4) is 0 Å². The van der Waals surface area contributed by atoms with E-state index in [1.165, 1.54) is 16.9 Å². The Hall–Kier alpha value is -1.62. The highest BCUT2D eigenvalue weighted by Gasteiger charge is 2.31. The Kier molecular flexibility index (Phi) is 6.60. The summed E-state index contributed by atoms with van der Waals surface area (Å²) in [4.78, 5) is 25.4. The van der Waals surface area contributed by atoms with E-state index in [1.807, 2.05) is 6.07 Å². The number of allylic oxidation sites excluding steroid dienone is 2. The fraction of sp³-hybridized carbons (Fsp3) is 0.579.